The fourth-order valence-electron chi connectivity index (χ4n) is 2.17. The van der Waals surface area contributed by atoms with E-state index in [1.54, 1.807) is 36.4 Å². The molecule has 2 N–H and O–H groups in total. The third-order valence-corrected chi connectivity index (χ3v) is 3.83. The molecule has 1 aliphatic heterocycles. The quantitative estimate of drug-likeness (QED) is 0.843. The van der Waals surface area contributed by atoms with E-state index in [2.05, 4.69) is 0 Å². The predicted molar refractivity (Wildman–Crippen MR) is 90.5 cm³/mol. The number of ketones is 1. The summed E-state index contributed by atoms with van der Waals surface area (Å²) >= 11 is 12.0. The Balaban J connectivity index is 1.87. The number of carbonyl (C=O) groups excluding carboxylic acids is 2. The lowest BCUT2D eigenvalue weighted by atomic mass is 10.1. The number of carbonyl (C=O) groups is 2. The van der Waals surface area contributed by atoms with Crippen LogP contribution >= 0.6 is 23.2 Å². The van der Waals surface area contributed by atoms with Crippen LogP contribution in [0.15, 0.2) is 42.2 Å². The normalized spacial score (nSPS) is 14.4. The Morgan fingerprint density at radius 3 is 2.71 bits per heavy atom. The Kier molecular flexibility index (Phi) is 4.46. The molecule has 2 aromatic rings. The van der Waals surface area contributed by atoms with E-state index in [9.17, 15) is 9.59 Å². The number of primary amides is 1. The Bertz CT molecular complexity index is 877. The molecular formula is C17H11Cl2NO4. The highest BCUT2D eigenvalue weighted by Gasteiger charge is 2.28. The van der Waals surface area contributed by atoms with Crippen LogP contribution in [0.3, 0.4) is 0 Å². The zero-order valence-corrected chi connectivity index (χ0v) is 13.7. The van der Waals surface area contributed by atoms with Crippen LogP contribution in [0, 0.1) is 0 Å². The zero-order valence-electron chi connectivity index (χ0n) is 12.2. The molecule has 7 heteroatoms. The van der Waals surface area contributed by atoms with Crippen molar-refractivity contribution in [2.45, 2.75) is 0 Å². The number of Topliss-reactive ketones (excluding diaryl/α,β-unsaturated/α-hetero) is 1. The largest absolute Gasteiger partial charge is 0.484 e. The molecule has 0 saturated heterocycles. The monoisotopic (exact) mass is 363 g/mol. The molecule has 0 atom stereocenters. The van der Waals surface area contributed by atoms with Gasteiger partial charge in [-0.3, -0.25) is 9.59 Å². The minimum absolute atomic E-state index is 0.140. The highest BCUT2D eigenvalue weighted by Crippen LogP contribution is 2.35. The van der Waals surface area contributed by atoms with Gasteiger partial charge in [-0.2, -0.15) is 0 Å². The van der Waals surface area contributed by atoms with Gasteiger partial charge in [0.1, 0.15) is 11.5 Å². The molecule has 0 unspecified atom stereocenters. The first-order valence-corrected chi connectivity index (χ1v) is 7.64. The molecule has 0 radical (unpaired) electrons. The summed E-state index contributed by atoms with van der Waals surface area (Å²) in [6, 6.07) is 9.61. The average molecular weight is 364 g/mol. The first-order valence-electron chi connectivity index (χ1n) is 6.88. The predicted octanol–water partition coefficient (Wildman–Crippen LogP) is 3.47. The van der Waals surface area contributed by atoms with Gasteiger partial charge < -0.3 is 15.2 Å². The maximum Gasteiger partial charge on any atom is 0.255 e. The molecular weight excluding hydrogens is 353 g/mol. The Labute approximate surface area is 147 Å². The number of hydrogen-bond acceptors (Lipinski definition) is 4. The number of fused-ring (bicyclic) bond motifs is 1. The minimum Gasteiger partial charge on any atom is -0.484 e. The van der Waals surface area contributed by atoms with E-state index in [4.69, 9.17) is 38.4 Å². The van der Waals surface area contributed by atoms with Crippen LogP contribution in [-0.2, 0) is 4.79 Å². The summed E-state index contributed by atoms with van der Waals surface area (Å²) in [6.45, 7) is -0.254. The summed E-state index contributed by atoms with van der Waals surface area (Å²) in [5.41, 5.74) is 6.04. The molecule has 122 valence electrons. The topological polar surface area (TPSA) is 78.6 Å². The summed E-state index contributed by atoms with van der Waals surface area (Å²) in [4.78, 5) is 23.1. The van der Waals surface area contributed by atoms with Gasteiger partial charge in [0.05, 0.1) is 5.56 Å². The molecule has 0 saturated carbocycles. The lowest BCUT2D eigenvalue weighted by Crippen LogP contribution is -2.19. The van der Waals surface area contributed by atoms with Crippen LogP contribution < -0.4 is 15.2 Å². The molecule has 1 heterocycles. The van der Waals surface area contributed by atoms with Crippen molar-refractivity contribution in [1.29, 1.82) is 0 Å². The second-order valence-corrected chi connectivity index (χ2v) is 5.86. The molecule has 0 fully saturated rings. The van der Waals surface area contributed by atoms with E-state index in [1.807, 2.05) is 0 Å². The number of halogens is 2. The summed E-state index contributed by atoms with van der Waals surface area (Å²) in [5.74, 6) is 0.00799. The summed E-state index contributed by atoms with van der Waals surface area (Å²) in [6.07, 6.45) is 1.55. The van der Waals surface area contributed by atoms with Crippen molar-refractivity contribution in [3.05, 3.63) is 63.3 Å². The standard InChI is InChI=1S/C17H11Cl2NO4/c18-10-2-1-9(13(19)6-10)5-15-17(22)12-4-3-11(7-14(12)24-15)23-8-16(20)21/h1-7H,8H2,(H2,20,21). The molecule has 5 nitrogen and oxygen atoms in total. The number of rotatable bonds is 4. The molecule has 3 rings (SSSR count). The number of hydrogen-bond donors (Lipinski definition) is 1. The Hall–Kier alpha value is -2.50. The fraction of sp³-hybridized carbons (Fsp3) is 0.0588. The van der Waals surface area contributed by atoms with Crippen molar-refractivity contribution in [3.8, 4) is 11.5 Å². The van der Waals surface area contributed by atoms with E-state index < -0.39 is 5.91 Å². The SMILES string of the molecule is NC(=O)COc1ccc2c(c1)OC(=Cc1ccc(Cl)cc1Cl)C2=O. The van der Waals surface area contributed by atoms with Gasteiger partial charge in [0.2, 0.25) is 5.78 Å². The van der Waals surface area contributed by atoms with Crippen LogP contribution in [0.1, 0.15) is 15.9 Å². The maximum absolute atomic E-state index is 12.4. The summed E-state index contributed by atoms with van der Waals surface area (Å²) in [7, 11) is 0. The van der Waals surface area contributed by atoms with E-state index in [0.717, 1.165) is 0 Å². The number of ether oxygens (including phenoxy) is 2. The first-order chi connectivity index (χ1) is 11.4. The number of amides is 1. The minimum atomic E-state index is -0.592. The average Bonchev–Trinajstić information content (AvgIpc) is 2.84. The van der Waals surface area contributed by atoms with Crippen LogP contribution in [0.25, 0.3) is 6.08 Å². The molecule has 2 aromatic carbocycles. The van der Waals surface area contributed by atoms with Gasteiger partial charge in [0, 0.05) is 16.1 Å². The molecule has 0 spiro atoms. The van der Waals surface area contributed by atoms with Gasteiger partial charge in [0.25, 0.3) is 5.91 Å². The molecule has 0 bridgehead atoms. The smallest absolute Gasteiger partial charge is 0.255 e. The van der Waals surface area contributed by atoms with Crippen LogP contribution in [0.5, 0.6) is 11.5 Å². The van der Waals surface area contributed by atoms with Crippen LogP contribution in [0.4, 0.5) is 0 Å². The van der Waals surface area contributed by atoms with Gasteiger partial charge in [-0.1, -0.05) is 29.3 Å². The third-order valence-electron chi connectivity index (χ3n) is 3.27. The van der Waals surface area contributed by atoms with E-state index in [-0.39, 0.29) is 18.1 Å². The fourth-order valence-corrected chi connectivity index (χ4v) is 2.63. The van der Waals surface area contributed by atoms with Gasteiger partial charge in [-0.05, 0) is 35.9 Å². The van der Waals surface area contributed by atoms with Crippen molar-refractivity contribution < 1.29 is 19.1 Å². The van der Waals surface area contributed by atoms with Crippen molar-refractivity contribution in [3.63, 3.8) is 0 Å². The van der Waals surface area contributed by atoms with Crippen molar-refractivity contribution in [2.75, 3.05) is 6.61 Å². The van der Waals surface area contributed by atoms with Crippen LogP contribution in [-0.4, -0.2) is 18.3 Å². The molecule has 0 aliphatic carbocycles. The lowest BCUT2D eigenvalue weighted by Gasteiger charge is -2.04. The Morgan fingerprint density at radius 1 is 1.21 bits per heavy atom. The summed E-state index contributed by atoms with van der Waals surface area (Å²) < 4.78 is 10.8. The van der Waals surface area contributed by atoms with Crippen molar-refractivity contribution in [2.24, 2.45) is 5.73 Å². The van der Waals surface area contributed by atoms with Crippen molar-refractivity contribution in [1.82, 2.24) is 0 Å². The number of allylic oxidation sites excluding steroid dienone is 1. The van der Waals surface area contributed by atoms with Crippen LogP contribution in [0.2, 0.25) is 10.0 Å². The zero-order chi connectivity index (χ0) is 17.3. The van der Waals surface area contributed by atoms with E-state index in [0.29, 0.717) is 32.7 Å². The first kappa shape index (κ1) is 16.4. The lowest BCUT2D eigenvalue weighted by molar-refractivity contribution is -0.119. The Morgan fingerprint density at radius 2 is 2.00 bits per heavy atom. The molecule has 0 aromatic heterocycles. The highest BCUT2D eigenvalue weighted by molar-refractivity contribution is 6.35. The number of benzene rings is 2. The van der Waals surface area contributed by atoms with E-state index >= 15 is 0 Å². The number of nitrogens with two attached hydrogens (primary N) is 1. The van der Waals surface area contributed by atoms with Gasteiger partial charge in [-0.15, -0.1) is 0 Å². The third kappa shape index (κ3) is 3.37. The summed E-state index contributed by atoms with van der Waals surface area (Å²) in [5, 5.41) is 0.910. The second-order valence-electron chi connectivity index (χ2n) is 5.02. The van der Waals surface area contributed by atoms with Crippen molar-refractivity contribution >= 4 is 41.0 Å². The molecule has 1 amide bonds. The van der Waals surface area contributed by atoms with Gasteiger partial charge in [0.15, 0.2) is 12.4 Å². The van der Waals surface area contributed by atoms with Gasteiger partial charge >= 0.3 is 0 Å². The maximum atomic E-state index is 12.4. The molecule has 1 aliphatic rings. The molecule has 24 heavy (non-hydrogen) atoms. The van der Waals surface area contributed by atoms with Gasteiger partial charge in [-0.25, -0.2) is 0 Å². The second kappa shape index (κ2) is 6.55. The van der Waals surface area contributed by atoms with E-state index in [1.165, 1.54) is 6.07 Å². The highest BCUT2D eigenvalue weighted by atomic mass is 35.5.